The second kappa shape index (κ2) is 5.77. The van der Waals surface area contributed by atoms with Gasteiger partial charge in [0.2, 0.25) is 0 Å². The van der Waals surface area contributed by atoms with E-state index in [4.69, 9.17) is 9.15 Å². The Kier molecular flexibility index (Phi) is 3.84. The summed E-state index contributed by atoms with van der Waals surface area (Å²) < 4.78 is 11.2. The first kappa shape index (κ1) is 13.9. The van der Waals surface area contributed by atoms with E-state index in [2.05, 4.69) is 10.6 Å². The number of amides is 2. The van der Waals surface area contributed by atoms with E-state index < -0.39 is 0 Å². The summed E-state index contributed by atoms with van der Waals surface area (Å²) in [4.78, 5) is 12.0. The molecular formula is C16H24N2O3. The molecule has 2 N–H and O–H groups in total. The summed E-state index contributed by atoms with van der Waals surface area (Å²) in [6, 6.07) is 9.47. The minimum atomic E-state index is -0.190. The third kappa shape index (κ3) is 3.03. The molecule has 1 aromatic carbocycles. The topological polar surface area (TPSA) is 63.5 Å². The summed E-state index contributed by atoms with van der Waals surface area (Å²) in [7, 11) is 0. The molecule has 2 heterocycles. The van der Waals surface area contributed by atoms with E-state index in [0.29, 0.717) is 6.61 Å². The lowest BCUT2D eigenvalue weighted by Gasteiger charge is -2.18. The Hall–Kier alpha value is -2.01. The van der Waals surface area contributed by atoms with Crippen LogP contribution in [-0.2, 0) is 4.74 Å². The molecule has 3 unspecified atom stereocenters. The standard InChI is InChI=1S/C16H20N2O3.2H2/c1-10(15-9-12-5-3-4-6-14(12)21-15)17-16(19)18-13-7-8-20-11(13)2;;/h3-6,9-11,13H,7-8H2,1-2H3,(H2,17,18,19);2*1H. The van der Waals surface area contributed by atoms with Crippen LogP contribution in [-0.4, -0.2) is 24.8 Å². The van der Waals surface area contributed by atoms with Gasteiger partial charge < -0.3 is 19.8 Å². The van der Waals surface area contributed by atoms with E-state index in [1.54, 1.807) is 0 Å². The highest BCUT2D eigenvalue weighted by Crippen LogP contribution is 2.23. The first-order chi connectivity index (χ1) is 10.1. The van der Waals surface area contributed by atoms with Gasteiger partial charge in [-0.1, -0.05) is 18.2 Å². The largest absolute Gasteiger partial charge is 0.459 e. The van der Waals surface area contributed by atoms with Gasteiger partial charge >= 0.3 is 6.03 Å². The molecule has 3 atom stereocenters. The van der Waals surface area contributed by atoms with E-state index in [-0.39, 0.29) is 27.1 Å². The van der Waals surface area contributed by atoms with Crippen LogP contribution >= 0.6 is 0 Å². The van der Waals surface area contributed by atoms with Crippen LogP contribution in [0.2, 0.25) is 0 Å². The second-order valence-electron chi connectivity index (χ2n) is 5.50. The van der Waals surface area contributed by atoms with Gasteiger partial charge in [-0.05, 0) is 32.4 Å². The molecule has 1 saturated heterocycles. The van der Waals surface area contributed by atoms with Crippen molar-refractivity contribution in [1.82, 2.24) is 10.6 Å². The number of hydrogen-bond acceptors (Lipinski definition) is 3. The molecule has 2 amide bonds. The molecule has 1 aliphatic rings. The molecule has 1 aliphatic heterocycles. The van der Waals surface area contributed by atoms with Gasteiger partial charge in [-0.2, -0.15) is 0 Å². The Labute approximate surface area is 126 Å². The van der Waals surface area contributed by atoms with Gasteiger partial charge in [0.05, 0.1) is 18.2 Å². The van der Waals surface area contributed by atoms with Crippen LogP contribution in [0.1, 0.15) is 34.9 Å². The summed E-state index contributed by atoms with van der Waals surface area (Å²) in [6.07, 6.45) is 0.922. The maximum absolute atomic E-state index is 12.0. The quantitative estimate of drug-likeness (QED) is 0.910. The SMILES string of the molecule is CC(NC(=O)NC1CCOC1C)c1cc2ccccc2o1.[HH].[HH]. The summed E-state index contributed by atoms with van der Waals surface area (Å²) >= 11 is 0. The Balaban J connectivity index is 0.00000132. The molecule has 0 bridgehead atoms. The second-order valence-corrected chi connectivity index (χ2v) is 5.50. The number of carbonyl (C=O) groups is 1. The zero-order chi connectivity index (χ0) is 14.8. The van der Waals surface area contributed by atoms with Crippen molar-refractivity contribution in [3.63, 3.8) is 0 Å². The van der Waals surface area contributed by atoms with Gasteiger partial charge in [0, 0.05) is 14.8 Å². The number of benzene rings is 1. The van der Waals surface area contributed by atoms with Crippen molar-refractivity contribution in [2.24, 2.45) is 0 Å². The van der Waals surface area contributed by atoms with Gasteiger partial charge in [0.25, 0.3) is 0 Å². The lowest BCUT2D eigenvalue weighted by Crippen LogP contribution is -2.45. The Morgan fingerprint density at radius 2 is 2.24 bits per heavy atom. The van der Waals surface area contributed by atoms with E-state index >= 15 is 0 Å². The molecule has 2 aromatic rings. The first-order valence-electron chi connectivity index (χ1n) is 7.30. The zero-order valence-corrected chi connectivity index (χ0v) is 12.3. The van der Waals surface area contributed by atoms with E-state index in [9.17, 15) is 4.79 Å². The van der Waals surface area contributed by atoms with Crippen LogP contribution in [0.15, 0.2) is 34.7 Å². The molecular weight excluding hydrogens is 268 g/mol. The highest BCUT2D eigenvalue weighted by atomic mass is 16.5. The Bertz CT molecular complexity index is 614. The number of rotatable bonds is 3. The molecule has 5 nitrogen and oxygen atoms in total. The predicted molar refractivity (Wildman–Crippen MR) is 84.3 cm³/mol. The molecule has 5 heteroatoms. The van der Waals surface area contributed by atoms with Crippen molar-refractivity contribution in [2.45, 2.75) is 38.5 Å². The van der Waals surface area contributed by atoms with Gasteiger partial charge in [-0.15, -0.1) is 0 Å². The zero-order valence-electron chi connectivity index (χ0n) is 12.3. The Morgan fingerprint density at radius 1 is 1.43 bits per heavy atom. The summed E-state index contributed by atoms with van der Waals surface area (Å²) in [5.74, 6) is 0.752. The first-order valence-corrected chi connectivity index (χ1v) is 7.30. The van der Waals surface area contributed by atoms with Crippen molar-refractivity contribution in [3.05, 3.63) is 36.1 Å². The number of fused-ring (bicyclic) bond motifs is 1. The number of hydrogen-bond donors (Lipinski definition) is 2. The van der Waals surface area contributed by atoms with Gasteiger partial charge in [-0.25, -0.2) is 4.79 Å². The fraction of sp³-hybridized carbons (Fsp3) is 0.438. The van der Waals surface area contributed by atoms with Crippen LogP contribution in [0.3, 0.4) is 0 Å². The normalized spacial score (nSPS) is 23.1. The minimum absolute atomic E-state index is 0. The number of furan rings is 1. The number of para-hydroxylation sites is 1. The van der Waals surface area contributed by atoms with Gasteiger partial charge in [-0.3, -0.25) is 0 Å². The Morgan fingerprint density at radius 3 is 2.95 bits per heavy atom. The third-order valence-corrected chi connectivity index (χ3v) is 3.91. The smallest absolute Gasteiger partial charge is 0.315 e. The van der Waals surface area contributed by atoms with E-state index in [0.717, 1.165) is 23.2 Å². The molecule has 0 spiro atoms. The van der Waals surface area contributed by atoms with Gasteiger partial charge in [0.15, 0.2) is 0 Å². The molecule has 0 saturated carbocycles. The van der Waals surface area contributed by atoms with Crippen molar-refractivity contribution >= 4 is 17.0 Å². The van der Waals surface area contributed by atoms with Crippen LogP contribution in [0.4, 0.5) is 4.79 Å². The maximum atomic E-state index is 12.0. The van der Waals surface area contributed by atoms with E-state index in [1.807, 2.05) is 44.2 Å². The average molecular weight is 292 g/mol. The fourth-order valence-corrected chi connectivity index (χ4v) is 2.61. The van der Waals surface area contributed by atoms with Crippen LogP contribution in [0.25, 0.3) is 11.0 Å². The van der Waals surface area contributed by atoms with Crippen molar-refractivity contribution in [3.8, 4) is 0 Å². The van der Waals surface area contributed by atoms with Crippen LogP contribution in [0, 0.1) is 0 Å². The molecule has 0 aliphatic carbocycles. The maximum Gasteiger partial charge on any atom is 0.315 e. The lowest BCUT2D eigenvalue weighted by molar-refractivity contribution is 0.114. The monoisotopic (exact) mass is 292 g/mol. The number of ether oxygens (including phenoxy) is 1. The summed E-state index contributed by atoms with van der Waals surface area (Å²) in [5, 5.41) is 6.89. The number of urea groups is 1. The highest BCUT2D eigenvalue weighted by molar-refractivity contribution is 5.78. The molecule has 1 fully saturated rings. The van der Waals surface area contributed by atoms with Crippen LogP contribution in [0.5, 0.6) is 0 Å². The molecule has 3 rings (SSSR count). The number of nitrogens with one attached hydrogen (secondary N) is 2. The predicted octanol–water partition coefficient (Wildman–Crippen LogP) is 3.46. The average Bonchev–Trinajstić information content (AvgIpc) is 3.05. The summed E-state index contributed by atoms with van der Waals surface area (Å²) in [5.41, 5.74) is 0.833. The number of carbonyl (C=O) groups excluding carboxylic acids is 1. The highest BCUT2D eigenvalue weighted by Gasteiger charge is 2.26. The molecule has 21 heavy (non-hydrogen) atoms. The third-order valence-electron chi connectivity index (χ3n) is 3.91. The van der Waals surface area contributed by atoms with Gasteiger partial charge in [0.1, 0.15) is 11.3 Å². The molecule has 0 radical (unpaired) electrons. The molecule has 116 valence electrons. The lowest BCUT2D eigenvalue weighted by atomic mass is 10.1. The fourth-order valence-electron chi connectivity index (χ4n) is 2.61. The van der Waals surface area contributed by atoms with Crippen molar-refractivity contribution in [2.75, 3.05) is 6.61 Å². The molecule has 1 aromatic heterocycles. The van der Waals surface area contributed by atoms with Crippen molar-refractivity contribution in [1.29, 1.82) is 0 Å². The summed E-state index contributed by atoms with van der Waals surface area (Å²) in [6.45, 7) is 4.58. The van der Waals surface area contributed by atoms with Crippen molar-refractivity contribution < 1.29 is 16.8 Å². The minimum Gasteiger partial charge on any atom is -0.459 e. The van der Waals surface area contributed by atoms with E-state index in [1.165, 1.54) is 0 Å². The van der Waals surface area contributed by atoms with Crippen LogP contribution < -0.4 is 10.6 Å².